The van der Waals surface area contributed by atoms with Crippen molar-refractivity contribution in [3.05, 3.63) is 22.4 Å². The van der Waals surface area contributed by atoms with Gasteiger partial charge in [0.25, 0.3) is 0 Å². The normalized spacial score (nSPS) is 24.9. The van der Waals surface area contributed by atoms with Crippen LogP contribution in [0.2, 0.25) is 0 Å². The lowest BCUT2D eigenvalue weighted by atomic mass is 9.95. The Morgan fingerprint density at radius 3 is 3.06 bits per heavy atom. The molecule has 1 aliphatic rings. The Bertz CT molecular complexity index is 364. The maximum absolute atomic E-state index is 12.3. The van der Waals surface area contributed by atoms with E-state index in [9.17, 15) is 4.79 Å². The molecule has 4 heteroatoms. The Balaban J connectivity index is 2.05. The summed E-state index contributed by atoms with van der Waals surface area (Å²) >= 11 is 1.64. The van der Waals surface area contributed by atoms with Crippen molar-refractivity contribution in [2.75, 3.05) is 6.54 Å². The molecule has 0 saturated carbocycles. The van der Waals surface area contributed by atoms with Crippen LogP contribution in [0.3, 0.4) is 0 Å². The third-order valence-corrected chi connectivity index (χ3v) is 4.26. The number of rotatable bonds is 3. The van der Waals surface area contributed by atoms with Crippen molar-refractivity contribution in [3.63, 3.8) is 0 Å². The van der Waals surface area contributed by atoms with E-state index in [0.29, 0.717) is 19.0 Å². The Kier molecular flexibility index (Phi) is 4.18. The molecule has 1 amide bonds. The van der Waals surface area contributed by atoms with Gasteiger partial charge < -0.3 is 10.6 Å². The molecule has 2 rings (SSSR count). The molecule has 2 N–H and O–H groups in total. The molecule has 0 aliphatic carbocycles. The van der Waals surface area contributed by atoms with Gasteiger partial charge in [-0.05, 0) is 48.6 Å². The van der Waals surface area contributed by atoms with Crippen molar-refractivity contribution >= 4 is 17.2 Å². The Labute approximate surface area is 107 Å². The molecule has 0 spiro atoms. The van der Waals surface area contributed by atoms with E-state index >= 15 is 0 Å². The summed E-state index contributed by atoms with van der Waals surface area (Å²) in [5, 5.41) is 4.06. The molecular formula is C13H20N2OS. The highest BCUT2D eigenvalue weighted by molar-refractivity contribution is 7.07. The number of nitrogens with zero attached hydrogens (tertiary/aromatic N) is 1. The second kappa shape index (κ2) is 5.65. The molecule has 17 heavy (non-hydrogen) atoms. The molecule has 94 valence electrons. The number of carbonyl (C=O) groups is 1. The number of piperidine rings is 1. The lowest BCUT2D eigenvalue weighted by Gasteiger charge is -2.40. The van der Waals surface area contributed by atoms with Gasteiger partial charge in [0.05, 0.1) is 6.42 Å². The summed E-state index contributed by atoms with van der Waals surface area (Å²) < 4.78 is 0. The van der Waals surface area contributed by atoms with E-state index in [1.165, 1.54) is 6.42 Å². The third-order valence-electron chi connectivity index (χ3n) is 3.52. The minimum Gasteiger partial charge on any atom is -0.335 e. The van der Waals surface area contributed by atoms with Gasteiger partial charge in [-0.2, -0.15) is 11.3 Å². The number of likely N-dealkylation sites (tertiary alicyclic amines) is 1. The Morgan fingerprint density at radius 1 is 1.59 bits per heavy atom. The van der Waals surface area contributed by atoms with Gasteiger partial charge in [0.2, 0.25) is 5.91 Å². The highest BCUT2D eigenvalue weighted by Crippen LogP contribution is 2.23. The predicted molar refractivity (Wildman–Crippen MR) is 71.0 cm³/mol. The van der Waals surface area contributed by atoms with Crippen LogP contribution >= 0.6 is 11.3 Å². The fourth-order valence-corrected chi connectivity index (χ4v) is 3.30. The van der Waals surface area contributed by atoms with E-state index in [0.717, 1.165) is 18.4 Å². The maximum atomic E-state index is 12.3. The van der Waals surface area contributed by atoms with Crippen LogP contribution in [0.5, 0.6) is 0 Å². The maximum Gasteiger partial charge on any atom is 0.227 e. The Hall–Kier alpha value is -0.870. The minimum absolute atomic E-state index is 0.228. The van der Waals surface area contributed by atoms with E-state index in [1.54, 1.807) is 11.3 Å². The van der Waals surface area contributed by atoms with Crippen molar-refractivity contribution in [2.45, 2.75) is 44.7 Å². The third kappa shape index (κ3) is 2.87. The number of hydrogen-bond acceptors (Lipinski definition) is 3. The summed E-state index contributed by atoms with van der Waals surface area (Å²) in [6.45, 7) is 2.72. The van der Waals surface area contributed by atoms with Crippen LogP contribution in [0.15, 0.2) is 16.8 Å². The quantitative estimate of drug-likeness (QED) is 0.894. The van der Waals surface area contributed by atoms with Crippen LogP contribution in [-0.4, -0.2) is 29.4 Å². The first-order valence-electron chi connectivity index (χ1n) is 6.24. The standard InChI is InChI=1S/C13H20N2OS/c1-10-3-2-4-12(8-14)15(10)13(16)7-11-5-6-17-9-11/h5-6,9-10,12H,2-4,7-8,14H2,1H3. The summed E-state index contributed by atoms with van der Waals surface area (Å²) in [6, 6.07) is 2.60. The van der Waals surface area contributed by atoms with Gasteiger partial charge in [0.1, 0.15) is 0 Å². The van der Waals surface area contributed by atoms with E-state index in [4.69, 9.17) is 5.73 Å². The molecule has 1 fully saturated rings. The number of carbonyl (C=O) groups excluding carboxylic acids is 1. The summed E-state index contributed by atoms with van der Waals surface area (Å²) in [4.78, 5) is 14.3. The molecule has 3 nitrogen and oxygen atoms in total. The summed E-state index contributed by atoms with van der Waals surface area (Å²) in [7, 11) is 0. The van der Waals surface area contributed by atoms with E-state index in [2.05, 4.69) is 6.92 Å². The Morgan fingerprint density at radius 2 is 2.41 bits per heavy atom. The fraction of sp³-hybridized carbons (Fsp3) is 0.615. The predicted octanol–water partition coefficient (Wildman–Crippen LogP) is 2.02. The van der Waals surface area contributed by atoms with Crippen molar-refractivity contribution in [3.8, 4) is 0 Å². The first-order valence-corrected chi connectivity index (χ1v) is 7.19. The number of hydrogen-bond donors (Lipinski definition) is 1. The summed E-state index contributed by atoms with van der Waals surface area (Å²) in [5.74, 6) is 0.228. The average molecular weight is 252 g/mol. The SMILES string of the molecule is CC1CCCC(CN)N1C(=O)Cc1ccsc1. The number of nitrogens with two attached hydrogens (primary N) is 1. The molecular weight excluding hydrogens is 232 g/mol. The van der Waals surface area contributed by atoms with Crippen molar-refractivity contribution < 1.29 is 4.79 Å². The van der Waals surface area contributed by atoms with Crippen LogP contribution in [0.4, 0.5) is 0 Å². The van der Waals surface area contributed by atoms with Crippen molar-refractivity contribution in [1.29, 1.82) is 0 Å². The number of thiophene rings is 1. The van der Waals surface area contributed by atoms with Crippen LogP contribution in [-0.2, 0) is 11.2 Å². The smallest absolute Gasteiger partial charge is 0.227 e. The summed E-state index contributed by atoms with van der Waals surface area (Å²) in [5.41, 5.74) is 6.89. The fourth-order valence-electron chi connectivity index (χ4n) is 2.63. The van der Waals surface area contributed by atoms with Crippen LogP contribution < -0.4 is 5.73 Å². The summed E-state index contributed by atoms with van der Waals surface area (Å²) in [6.07, 6.45) is 3.86. The van der Waals surface area contributed by atoms with Gasteiger partial charge in [0.15, 0.2) is 0 Å². The first-order chi connectivity index (χ1) is 8.22. The topological polar surface area (TPSA) is 46.3 Å². The van der Waals surface area contributed by atoms with Crippen LogP contribution in [0.25, 0.3) is 0 Å². The van der Waals surface area contributed by atoms with E-state index in [1.807, 2.05) is 21.7 Å². The molecule has 1 saturated heterocycles. The zero-order chi connectivity index (χ0) is 12.3. The monoisotopic (exact) mass is 252 g/mol. The lowest BCUT2D eigenvalue weighted by molar-refractivity contribution is -0.136. The number of amides is 1. The average Bonchev–Trinajstić information content (AvgIpc) is 2.81. The van der Waals surface area contributed by atoms with Gasteiger partial charge in [-0.25, -0.2) is 0 Å². The molecule has 2 heterocycles. The second-order valence-corrected chi connectivity index (χ2v) is 5.56. The highest BCUT2D eigenvalue weighted by Gasteiger charge is 2.30. The molecule has 0 bridgehead atoms. The lowest BCUT2D eigenvalue weighted by Crippen LogP contribution is -2.52. The van der Waals surface area contributed by atoms with Gasteiger partial charge in [-0.1, -0.05) is 0 Å². The van der Waals surface area contributed by atoms with Gasteiger partial charge in [-0.15, -0.1) is 0 Å². The minimum atomic E-state index is 0.228. The molecule has 1 aliphatic heterocycles. The van der Waals surface area contributed by atoms with Crippen LogP contribution in [0.1, 0.15) is 31.7 Å². The van der Waals surface area contributed by atoms with Crippen molar-refractivity contribution in [1.82, 2.24) is 4.90 Å². The first kappa shape index (κ1) is 12.6. The zero-order valence-corrected chi connectivity index (χ0v) is 11.1. The van der Waals surface area contributed by atoms with Crippen LogP contribution in [0, 0.1) is 0 Å². The molecule has 2 unspecified atom stereocenters. The van der Waals surface area contributed by atoms with Gasteiger partial charge in [-0.3, -0.25) is 4.79 Å². The molecule has 0 radical (unpaired) electrons. The zero-order valence-electron chi connectivity index (χ0n) is 10.3. The molecule has 2 atom stereocenters. The van der Waals surface area contributed by atoms with E-state index < -0.39 is 0 Å². The highest BCUT2D eigenvalue weighted by atomic mass is 32.1. The second-order valence-electron chi connectivity index (χ2n) is 4.78. The van der Waals surface area contributed by atoms with E-state index in [-0.39, 0.29) is 11.9 Å². The van der Waals surface area contributed by atoms with Gasteiger partial charge >= 0.3 is 0 Å². The molecule has 0 aromatic carbocycles. The van der Waals surface area contributed by atoms with Crippen molar-refractivity contribution in [2.24, 2.45) is 5.73 Å². The molecule has 1 aromatic rings. The largest absolute Gasteiger partial charge is 0.335 e. The van der Waals surface area contributed by atoms with Gasteiger partial charge in [0, 0.05) is 18.6 Å². The molecule has 1 aromatic heterocycles.